The second-order valence-electron chi connectivity index (χ2n) is 15.3. The van der Waals surface area contributed by atoms with Crippen LogP contribution >= 0.6 is 0 Å². The largest absolute Gasteiger partial charge is 0.465 e. The third-order valence-electron chi connectivity index (χ3n) is 11.4. The minimum atomic E-state index is -1.06. The van der Waals surface area contributed by atoms with Gasteiger partial charge in [-0.3, -0.25) is 9.59 Å². The van der Waals surface area contributed by atoms with Crippen molar-refractivity contribution >= 4 is 11.9 Å². The van der Waals surface area contributed by atoms with Gasteiger partial charge in [-0.15, -0.1) is 0 Å². The highest BCUT2D eigenvalue weighted by Gasteiger charge is 2.58. The van der Waals surface area contributed by atoms with Crippen LogP contribution in [0.3, 0.4) is 0 Å². The molecular weight excluding hydrogens is 568 g/mol. The predicted molar refractivity (Wildman–Crippen MR) is 195 cm³/mol. The van der Waals surface area contributed by atoms with Gasteiger partial charge in [0.1, 0.15) is 0 Å². The Bertz CT molecular complexity index is 687. The highest BCUT2D eigenvalue weighted by molar-refractivity contribution is 6.00. The molecule has 4 heteroatoms. The Kier molecular flexibility index (Phi) is 24.9. The van der Waals surface area contributed by atoms with Crippen molar-refractivity contribution in [2.24, 2.45) is 17.3 Å². The lowest BCUT2D eigenvalue weighted by Gasteiger charge is -2.46. The monoisotopic (exact) mass is 647 g/mol. The van der Waals surface area contributed by atoms with E-state index in [0.717, 1.165) is 57.8 Å². The molecule has 2 unspecified atom stereocenters. The summed E-state index contributed by atoms with van der Waals surface area (Å²) in [6, 6.07) is 0. The molecule has 0 spiro atoms. The van der Waals surface area contributed by atoms with Crippen LogP contribution in [0.15, 0.2) is 0 Å². The van der Waals surface area contributed by atoms with E-state index in [2.05, 4.69) is 13.8 Å². The van der Waals surface area contributed by atoms with E-state index in [1.165, 1.54) is 148 Å². The fourth-order valence-corrected chi connectivity index (χ4v) is 8.45. The van der Waals surface area contributed by atoms with E-state index in [1.54, 1.807) is 0 Å². The predicted octanol–water partition coefficient (Wildman–Crippen LogP) is 13.2. The molecule has 0 radical (unpaired) electrons. The van der Waals surface area contributed by atoms with Crippen molar-refractivity contribution < 1.29 is 19.1 Å². The molecule has 2 aliphatic rings. The summed E-state index contributed by atoms with van der Waals surface area (Å²) in [6.07, 6.45) is 40.9. The van der Waals surface area contributed by atoms with Crippen LogP contribution in [0.25, 0.3) is 0 Å². The van der Waals surface area contributed by atoms with Crippen LogP contribution in [0.1, 0.15) is 226 Å². The third kappa shape index (κ3) is 16.9. The average molecular weight is 647 g/mol. The Morgan fingerprint density at radius 2 is 0.783 bits per heavy atom. The molecule has 2 atom stereocenters. The number of hydrogen-bond acceptors (Lipinski definition) is 4. The molecule has 0 amide bonds. The number of carbonyl (C=O) groups is 2. The number of hydrogen-bond donors (Lipinski definition) is 0. The van der Waals surface area contributed by atoms with Crippen LogP contribution in [0.5, 0.6) is 0 Å². The fraction of sp³-hybridized carbons (Fsp3) is 0.952. The number of esters is 2. The Labute approximate surface area is 286 Å². The maximum Gasteiger partial charge on any atom is 0.323 e. The van der Waals surface area contributed by atoms with Crippen LogP contribution in [0, 0.1) is 17.3 Å². The van der Waals surface area contributed by atoms with Gasteiger partial charge in [0.25, 0.3) is 0 Å². The smallest absolute Gasteiger partial charge is 0.323 e. The van der Waals surface area contributed by atoms with Gasteiger partial charge in [-0.1, -0.05) is 200 Å². The highest BCUT2D eigenvalue weighted by atomic mass is 16.6. The zero-order valence-electron chi connectivity index (χ0n) is 31.0. The zero-order valence-corrected chi connectivity index (χ0v) is 31.0. The lowest BCUT2D eigenvalue weighted by atomic mass is 9.57. The lowest BCUT2D eigenvalue weighted by molar-refractivity contribution is -0.184. The summed E-state index contributed by atoms with van der Waals surface area (Å²) in [6.45, 7) is 5.45. The van der Waals surface area contributed by atoms with Gasteiger partial charge in [-0.25, -0.2) is 0 Å². The molecule has 0 bridgehead atoms. The fourth-order valence-electron chi connectivity index (χ4n) is 8.45. The first-order valence-electron chi connectivity index (χ1n) is 21.0. The van der Waals surface area contributed by atoms with Gasteiger partial charge in [-0.05, 0) is 37.5 Å². The molecule has 4 nitrogen and oxygen atoms in total. The zero-order chi connectivity index (χ0) is 33.0. The normalized spacial score (nSPS) is 19.1. The van der Waals surface area contributed by atoms with Crippen molar-refractivity contribution in [1.29, 1.82) is 0 Å². The molecule has 0 aromatic rings. The van der Waals surface area contributed by atoms with E-state index in [-0.39, 0.29) is 17.9 Å². The number of carbonyl (C=O) groups excluding carboxylic acids is 2. The van der Waals surface area contributed by atoms with Gasteiger partial charge in [0, 0.05) is 0 Å². The molecule has 0 aromatic heterocycles. The molecule has 0 aliphatic heterocycles. The molecule has 0 N–H and O–H groups in total. The maximum atomic E-state index is 13.8. The van der Waals surface area contributed by atoms with Gasteiger partial charge in [-0.2, -0.15) is 0 Å². The summed E-state index contributed by atoms with van der Waals surface area (Å²) in [7, 11) is 0. The van der Waals surface area contributed by atoms with E-state index in [4.69, 9.17) is 9.47 Å². The first-order chi connectivity index (χ1) is 22.7. The van der Waals surface area contributed by atoms with E-state index in [9.17, 15) is 9.59 Å². The topological polar surface area (TPSA) is 52.6 Å². The second kappa shape index (κ2) is 27.8. The average Bonchev–Trinajstić information content (AvgIpc) is 3.08. The minimum absolute atomic E-state index is 0.105. The lowest BCUT2D eigenvalue weighted by Crippen LogP contribution is -2.53. The number of ether oxygens (including phenoxy) is 2. The van der Waals surface area contributed by atoms with Crippen molar-refractivity contribution in [3.05, 3.63) is 0 Å². The molecule has 2 aliphatic carbocycles. The summed E-state index contributed by atoms with van der Waals surface area (Å²) in [5, 5.41) is 0. The molecule has 2 rings (SSSR count). The molecule has 270 valence electrons. The molecule has 2 saturated carbocycles. The SMILES string of the molecule is CCCCCCCCCCCCCCCOC(=O)C1(C(=O)OCCCCCCCCCCCCCCC)CCCC2CCCCC21. The molecular formula is C42H78O4. The van der Waals surface area contributed by atoms with Crippen molar-refractivity contribution in [2.45, 2.75) is 226 Å². The van der Waals surface area contributed by atoms with Crippen LogP contribution in [0.4, 0.5) is 0 Å². The van der Waals surface area contributed by atoms with Crippen LogP contribution in [-0.4, -0.2) is 25.2 Å². The maximum absolute atomic E-state index is 13.8. The van der Waals surface area contributed by atoms with Crippen LogP contribution in [-0.2, 0) is 19.1 Å². The van der Waals surface area contributed by atoms with Crippen molar-refractivity contribution in [2.75, 3.05) is 13.2 Å². The molecule has 0 aromatic carbocycles. The van der Waals surface area contributed by atoms with Gasteiger partial charge >= 0.3 is 11.9 Å². The molecule has 46 heavy (non-hydrogen) atoms. The minimum Gasteiger partial charge on any atom is -0.465 e. The van der Waals surface area contributed by atoms with Crippen LogP contribution in [0.2, 0.25) is 0 Å². The Hall–Kier alpha value is -1.06. The second-order valence-corrected chi connectivity index (χ2v) is 15.3. The van der Waals surface area contributed by atoms with Gasteiger partial charge in [0.05, 0.1) is 13.2 Å². The van der Waals surface area contributed by atoms with Crippen molar-refractivity contribution in [3.63, 3.8) is 0 Å². The Morgan fingerprint density at radius 3 is 1.17 bits per heavy atom. The number of unbranched alkanes of at least 4 members (excludes halogenated alkanes) is 24. The van der Waals surface area contributed by atoms with E-state index in [1.807, 2.05) is 0 Å². The molecule has 2 fully saturated rings. The Balaban J connectivity index is 1.62. The van der Waals surface area contributed by atoms with E-state index >= 15 is 0 Å². The molecule has 0 heterocycles. The number of fused-ring (bicyclic) bond motifs is 1. The quantitative estimate of drug-likeness (QED) is 0.0442. The first-order valence-corrected chi connectivity index (χ1v) is 21.0. The Morgan fingerprint density at radius 1 is 0.457 bits per heavy atom. The molecule has 0 saturated heterocycles. The van der Waals surface area contributed by atoms with Crippen molar-refractivity contribution in [3.8, 4) is 0 Å². The number of rotatable bonds is 30. The first kappa shape index (κ1) is 41.1. The summed E-state index contributed by atoms with van der Waals surface area (Å²) in [5.41, 5.74) is -1.06. The van der Waals surface area contributed by atoms with Gasteiger partial charge in [0.15, 0.2) is 5.41 Å². The van der Waals surface area contributed by atoms with Gasteiger partial charge < -0.3 is 9.47 Å². The van der Waals surface area contributed by atoms with E-state index in [0.29, 0.717) is 25.6 Å². The standard InChI is InChI=1S/C42H78O4/c1-3-5-7-9-11-13-15-17-19-21-23-25-29-36-45-40(43)42(35-31-33-38-32-27-28-34-39(38)42)41(44)46-37-30-26-24-22-20-18-16-14-12-10-8-6-4-2/h38-39H,3-37H2,1-2H3. The van der Waals surface area contributed by atoms with Crippen molar-refractivity contribution in [1.82, 2.24) is 0 Å². The third-order valence-corrected chi connectivity index (χ3v) is 11.4. The highest BCUT2D eigenvalue weighted by Crippen LogP contribution is 2.52. The van der Waals surface area contributed by atoms with Crippen LogP contribution < -0.4 is 0 Å². The summed E-state index contributed by atoms with van der Waals surface area (Å²) >= 11 is 0. The summed E-state index contributed by atoms with van der Waals surface area (Å²) in [4.78, 5) is 27.5. The van der Waals surface area contributed by atoms with E-state index < -0.39 is 5.41 Å². The summed E-state index contributed by atoms with van der Waals surface area (Å²) < 4.78 is 11.9. The van der Waals surface area contributed by atoms with Gasteiger partial charge in [0.2, 0.25) is 0 Å². The summed E-state index contributed by atoms with van der Waals surface area (Å²) in [5.74, 6) is 0.0420.